The van der Waals surface area contributed by atoms with Crippen molar-refractivity contribution in [2.24, 2.45) is 4.99 Å². The fraction of sp³-hybridized carbons (Fsp3) is 0. The van der Waals surface area contributed by atoms with Gasteiger partial charge in [0.15, 0.2) is 5.17 Å². The van der Waals surface area contributed by atoms with Crippen LogP contribution in [0, 0.1) is 5.82 Å². The third kappa shape index (κ3) is 5.30. The molecule has 4 aromatic carbocycles. The predicted molar refractivity (Wildman–Crippen MR) is 159 cm³/mol. The lowest BCUT2D eigenvalue weighted by atomic mass is 10.1. The molecule has 0 bridgehead atoms. The summed E-state index contributed by atoms with van der Waals surface area (Å²) in [7, 11) is 0. The minimum absolute atomic E-state index is 0.236. The number of carbonyl (C=O) groups is 1. The molecular formula is C32H21ClFN3OS. The molecule has 1 aliphatic rings. The van der Waals surface area contributed by atoms with E-state index in [4.69, 9.17) is 11.6 Å². The molecule has 1 aromatic heterocycles. The third-order valence-corrected chi connectivity index (χ3v) is 7.39. The number of hydrogen-bond acceptors (Lipinski definition) is 3. The Kier molecular flexibility index (Phi) is 6.88. The molecule has 6 rings (SSSR count). The summed E-state index contributed by atoms with van der Waals surface area (Å²) >= 11 is 7.49. The summed E-state index contributed by atoms with van der Waals surface area (Å²) in [4.78, 5) is 18.0. The fourth-order valence-corrected chi connectivity index (χ4v) is 5.42. The Labute approximate surface area is 234 Å². The number of amides is 1. The summed E-state index contributed by atoms with van der Waals surface area (Å²) in [5.74, 6) is -0.573. The number of rotatable bonds is 5. The summed E-state index contributed by atoms with van der Waals surface area (Å²) in [5, 5.41) is 3.93. The predicted octanol–water partition coefficient (Wildman–Crippen LogP) is 8.50. The molecule has 1 fully saturated rings. The molecule has 0 atom stereocenters. The average Bonchev–Trinajstić information content (AvgIpc) is 3.51. The van der Waals surface area contributed by atoms with Crippen LogP contribution in [0.2, 0.25) is 5.02 Å². The van der Waals surface area contributed by atoms with Gasteiger partial charge in [0.2, 0.25) is 0 Å². The highest BCUT2D eigenvalue weighted by Gasteiger charge is 2.26. The zero-order valence-electron chi connectivity index (χ0n) is 20.5. The minimum Gasteiger partial charge on any atom is -0.309 e. The molecule has 0 saturated carbocycles. The Morgan fingerprint density at radius 3 is 2.13 bits per heavy atom. The summed E-state index contributed by atoms with van der Waals surface area (Å²) < 4.78 is 15.5. The molecule has 5 aromatic rings. The van der Waals surface area contributed by atoms with E-state index in [0.29, 0.717) is 20.8 Å². The second kappa shape index (κ2) is 10.8. The first-order valence-corrected chi connectivity index (χ1v) is 13.4. The Morgan fingerprint density at radius 1 is 0.821 bits per heavy atom. The van der Waals surface area contributed by atoms with Crippen LogP contribution < -0.4 is 5.32 Å². The lowest BCUT2D eigenvalue weighted by molar-refractivity contribution is -0.115. The third-order valence-electron chi connectivity index (χ3n) is 6.23. The smallest absolute Gasteiger partial charge is 0.264 e. The van der Waals surface area contributed by atoms with Crippen molar-refractivity contribution in [1.29, 1.82) is 0 Å². The molecule has 7 heteroatoms. The monoisotopic (exact) mass is 549 g/mol. The molecule has 39 heavy (non-hydrogen) atoms. The number of halogens is 2. The second-order valence-corrected chi connectivity index (χ2v) is 10.3. The fourth-order valence-electron chi connectivity index (χ4n) is 4.47. The van der Waals surface area contributed by atoms with Gasteiger partial charge in [-0.25, -0.2) is 9.38 Å². The van der Waals surface area contributed by atoms with Gasteiger partial charge < -0.3 is 9.88 Å². The van der Waals surface area contributed by atoms with E-state index in [2.05, 4.69) is 45.2 Å². The molecule has 0 aliphatic carbocycles. The zero-order valence-corrected chi connectivity index (χ0v) is 22.1. The first-order chi connectivity index (χ1) is 19.0. The number of thioether (sulfide) groups is 1. The number of carbonyl (C=O) groups excluding carboxylic acids is 1. The van der Waals surface area contributed by atoms with Crippen LogP contribution in [0.25, 0.3) is 34.3 Å². The Bertz CT molecular complexity index is 1710. The highest BCUT2D eigenvalue weighted by Crippen LogP contribution is 2.39. The summed E-state index contributed by atoms with van der Waals surface area (Å²) in [6, 6.07) is 35.9. The summed E-state index contributed by atoms with van der Waals surface area (Å²) in [6.07, 6.45) is 1.90. The Hall–Kier alpha value is -4.39. The van der Waals surface area contributed by atoms with Crippen molar-refractivity contribution in [1.82, 2.24) is 9.88 Å². The van der Waals surface area contributed by atoms with Crippen molar-refractivity contribution in [3.8, 4) is 28.2 Å². The van der Waals surface area contributed by atoms with Gasteiger partial charge in [0.1, 0.15) is 5.82 Å². The first kappa shape index (κ1) is 24.9. The molecule has 0 spiro atoms. The molecule has 0 radical (unpaired) electrons. The maximum absolute atomic E-state index is 13.3. The number of hydrogen-bond donors (Lipinski definition) is 1. The van der Waals surface area contributed by atoms with Crippen LogP contribution in [0.1, 0.15) is 5.56 Å². The molecule has 2 heterocycles. The molecule has 1 saturated heterocycles. The van der Waals surface area contributed by atoms with Gasteiger partial charge in [-0.15, -0.1) is 0 Å². The van der Waals surface area contributed by atoms with Crippen molar-refractivity contribution >= 4 is 46.2 Å². The Balaban J connectivity index is 1.52. The summed E-state index contributed by atoms with van der Waals surface area (Å²) in [6.45, 7) is 0. The van der Waals surface area contributed by atoms with Gasteiger partial charge in [-0.05, 0) is 83.6 Å². The van der Waals surface area contributed by atoms with Crippen molar-refractivity contribution in [3.63, 3.8) is 0 Å². The van der Waals surface area contributed by atoms with E-state index in [0.717, 1.165) is 33.8 Å². The lowest BCUT2D eigenvalue weighted by Crippen LogP contribution is -2.19. The number of benzene rings is 4. The van der Waals surface area contributed by atoms with Gasteiger partial charge in [0, 0.05) is 16.3 Å². The highest BCUT2D eigenvalue weighted by molar-refractivity contribution is 8.18. The first-order valence-electron chi connectivity index (χ1n) is 12.2. The zero-order chi connectivity index (χ0) is 26.8. The van der Waals surface area contributed by atoms with Gasteiger partial charge in [-0.3, -0.25) is 4.79 Å². The standard InChI is InChI=1S/C32H21ClFN3OS/c33-24-11-17-27(18-12-24)37-28(21-7-3-1-4-8-21)19-23(30(37)22-9-5-2-6-10-22)20-29-31(38)36-32(39-29)35-26-15-13-25(34)14-16-26/h1-20H,(H,35,36,38)/b29-20+. The van der Waals surface area contributed by atoms with Gasteiger partial charge in [-0.1, -0.05) is 72.3 Å². The quantitative estimate of drug-likeness (QED) is 0.223. The normalized spacial score (nSPS) is 15.2. The van der Waals surface area contributed by atoms with Crippen molar-refractivity contribution < 1.29 is 9.18 Å². The van der Waals surface area contributed by atoms with Crippen LogP contribution in [0.5, 0.6) is 0 Å². The maximum atomic E-state index is 13.3. The average molecular weight is 550 g/mol. The van der Waals surface area contributed by atoms with Crippen LogP contribution >= 0.6 is 23.4 Å². The number of amidine groups is 1. The molecular weight excluding hydrogens is 529 g/mol. The van der Waals surface area contributed by atoms with Crippen LogP contribution in [0.3, 0.4) is 0 Å². The van der Waals surface area contributed by atoms with E-state index >= 15 is 0 Å². The second-order valence-electron chi connectivity index (χ2n) is 8.84. The molecule has 1 N–H and O–H groups in total. The summed E-state index contributed by atoms with van der Waals surface area (Å²) in [5.41, 5.74) is 6.36. The van der Waals surface area contributed by atoms with Crippen molar-refractivity contribution in [2.45, 2.75) is 0 Å². The van der Waals surface area contributed by atoms with E-state index < -0.39 is 0 Å². The molecule has 1 amide bonds. The number of aromatic nitrogens is 1. The minimum atomic E-state index is -0.337. The number of aliphatic imine (C=N–C) groups is 1. The van der Waals surface area contributed by atoms with Gasteiger partial charge >= 0.3 is 0 Å². The van der Waals surface area contributed by atoms with Crippen LogP contribution in [0.4, 0.5) is 10.1 Å². The van der Waals surface area contributed by atoms with Crippen molar-refractivity contribution in [3.05, 3.63) is 137 Å². The largest absolute Gasteiger partial charge is 0.309 e. The van der Waals surface area contributed by atoms with E-state index in [-0.39, 0.29) is 11.7 Å². The van der Waals surface area contributed by atoms with Gasteiger partial charge in [-0.2, -0.15) is 0 Å². The van der Waals surface area contributed by atoms with E-state index in [1.54, 1.807) is 12.1 Å². The number of nitrogens with one attached hydrogen (secondary N) is 1. The van der Waals surface area contributed by atoms with E-state index in [9.17, 15) is 9.18 Å². The molecule has 0 unspecified atom stereocenters. The SMILES string of the molecule is O=C1NC(=Nc2ccc(F)cc2)S/C1=C/c1cc(-c2ccccc2)n(-c2ccc(Cl)cc2)c1-c1ccccc1. The van der Waals surface area contributed by atoms with Crippen LogP contribution in [-0.2, 0) is 4.79 Å². The number of nitrogens with zero attached hydrogens (tertiary/aromatic N) is 2. The topological polar surface area (TPSA) is 46.4 Å². The van der Waals surface area contributed by atoms with Gasteiger partial charge in [0.25, 0.3) is 5.91 Å². The van der Waals surface area contributed by atoms with Crippen molar-refractivity contribution in [2.75, 3.05) is 0 Å². The maximum Gasteiger partial charge on any atom is 0.264 e. The van der Waals surface area contributed by atoms with Crippen LogP contribution in [0.15, 0.2) is 125 Å². The highest BCUT2D eigenvalue weighted by atomic mass is 35.5. The Morgan fingerprint density at radius 2 is 1.46 bits per heavy atom. The van der Waals surface area contributed by atoms with E-state index in [1.807, 2.05) is 66.7 Å². The lowest BCUT2D eigenvalue weighted by Gasteiger charge is -2.15. The van der Waals surface area contributed by atoms with E-state index in [1.165, 1.54) is 23.9 Å². The molecule has 1 aliphatic heterocycles. The molecule has 4 nitrogen and oxygen atoms in total. The van der Waals surface area contributed by atoms with Crippen LogP contribution in [-0.4, -0.2) is 15.6 Å². The molecule has 190 valence electrons. The van der Waals surface area contributed by atoms with Gasteiger partial charge in [0.05, 0.1) is 22.0 Å².